The van der Waals surface area contributed by atoms with E-state index in [1.807, 2.05) is 42.2 Å². The van der Waals surface area contributed by atoms with E-state index < -0.39 is 0 Å². The molecule has 2 aromatic rings. The van der Waals surface area contributed by atoms with Crippen molar-refractivity contribution < 1.29 is 9.59 Å². The van der Waals surface area contributed by atoms with Gasteiger partial charge in [0.05, 0.1) is 18.0 Å². The van der Waals surface area contributed by atoms with E-state index in [1.165, 1.54) is 11.1 Å². The van der Waals surface area contributed by atoms with Crippen molar-refractivity contribution in [1.82, 2.24) is 15.1 Å². The van der Waals surface area contributed by atoms with Gasteiger partial charge in [0.15, 0.2) is 0 Å². The van der Waals surface area contributed by atoms with Gasteiger partial charge in [-0.25, -0.2) is 4.79 Å². The smallest absolute Gasteiger partial charge is 0.318 e. The second-order valence-corrected chi connectivity index (χ2v) is 8.82. The Bertz CT molecular complexity index is 944. The zero-order valence-corrected chi connectivity index (χ0v) is 17.5. The highest BCUT2D eigenvalue weighted by Gasteiger charge is 2.48. The average Bonchev–Trinajstić information content (AvgIpc) is 2.79. The van der Waals surface area contributed by atoms with Gasteiger partial charge in [-0.05, 0) is 49.3 Å². The Hall–Kier alpha value is -2.82. The third-order valence-corrected chi connectivity index (χ3v) is 7.16. The fourth-order valence-corrected chi connectivity index (χ4v) is 5.59. The minimum Gasteiger partial charge on any atom is -0.335 e. The highest BCUT2D eigenvalue weighted by Crippen LogP contribution is 2.43. The predicted molar refractivity (Wildman–Crippen MR) is 116 cm³/mol. The van der Waals surface area contributed by atoms with Crippen molar-refractivity contribution in [3.8, 4) is 0 Å². The van der Waals surface area contributed by atoms with Crippen LogP contribution >= 0.6 is 0 Å². The fraction of sp³-hybridized carbons (Fsp3) is 0.440. The Balaban J connectivity index is 1.38. The molecule has 0 bridgehead atoms. The number of hydrogen-bond donors (Lipinski definition) is 1. The first-order chi connectivity index (χ1) is 14.6. The second kappa shape index (κ2) is 7.78. The molecular formula is C25H29N3O2. The summed E-state index contributed by atoms with van der Waals surface area (Å²) in [5.74, 6) is 0.164. The Morgan fingerprint density at radius 2 is 1.83 bits per heavy atom. The Morgan fingerprint density at radius 3 is 2.67 bits per heavy atom. The molecule has 0 saturated carbocycles. The van der Waals surface area contributed by atoms with E-state index >= 15 is 0 Å². The van der Waals surface area contributed by atoms with E-state index in [9.17, 15) is 9.59 Å². The maximum atomic E-state index is 13.4. The van der Waals surface area contributed by atoms with E-state index in [4.69, 9.17) is 0 Å². The molecule has 0 unspecified atom stereocenters. The van der Waals surface area contributed by atoms with Gasteiger partial charge in [0.25, 0.3) is 0 Å². The lowest BCUT2D eigenvalue weighted by atomic mass is 9.76. The number of nitrogens with one attached hydrogen (secondary N) is 1. The molecule has 5 rings (SSSR count). The maximum Gasteiger partial charge on any atom is 0.318 e. The molecule has 0 radical (unpaired) electrons. The summed E-state index contributed by atoms with van der Waals surface area (Å²) in [7, 11) is 0. The zero-order chi connectivity index (χ0) is 20.7. The first kappa shape index (κ1) is 19.2. The molecule has 0 spiro atoms. The lowest BCUT2D eigenvalue weighted by Gasteiger charge is -2.51. The molecule has 2 aromatic carbocycles. The largest absolute Gasteiger partial charge is 0.335 e. The summed E-state index contributed by atoms with van der Waals surface area (Å²) in [6.07, 6.45) is 3.52. The third kappa shape index (κ3) is 3.26. The number of urea groups is 1. The predicted octanol–water partition coefficient (Wildman–Crippen LogP) is 4.07. The Morgan fingerprint density at radius 1 is 1.07 bits per heavy atom. The van der Waals surface area contributed by atoms with E-state index in [1.54, 1.807) is 0 Å². The van der Waals surface area contributed by atoms with E-state index in [2.05, 4.69) is 34.5 Å². The lowest BCUT2D eigenvalue weighted by molar-refractivity contribution is -0.148. The van der Waals surface area contributed by atoms with Crippen LogP contribution in [0.15, 0.2) is 54.6 Å². The first-order valence-corrected chi connectivity index (χ1v) is 11.1. The SMILES string of the molecule is C[C@@H](NC(=O)N1CCC[C@@H]2C(=O)N3CCc4ccccc4[C@H]3C[C@@H]21)c1ccccc1. The number of fused-ring (bicyclic) bond motifs is 4. The van der Waals surface area contributed by atoms with Crippen LogP contribution in [0.4, 0.5) is 4.79 Å². The summed E-state index contributed by atoms with van der Waals surface area (Å²) in [5.41, 5.74) is 3.69. The van der Waals surface area contributed by atoms with Crippen LogP contribution in [0.5, 0.6) is 0 Å². The number of rotatable bonds is 2. The van der Waals surface area contributed by atoms with Gasteiger partial charge in [-0.3, -0.25) is 4.79 Å². The van der Waals surface area contributed by atoms with Crippen molar-refractivity contribution in [3.05, 3.63) is 71.3 Å². The maximum absolute atomic E-state index is 13.4. The van der Waals surface area contributed by atoms with Crippen LogP contribution in [0, 0.1) is 5.92 Å². The van der Waals surface area contributed by atoms with Gasteiger partial charge >= 0.3 is 6.03 Å². The second-order valence-electron chi connectivity index (χ2n) is 8.82. The monoisotopic (exact) mass is 403 g/mol. The molecule has 0 aromatic heterocycles. The molecule has 4 atom stereocenters. The number of amides is 3. The van der Waals surface area contributed by atoms with Gasteiger partial charge in [-0.15, -0.1) is 0 Å². The molecule has 3 aliphatic heterocycles. The highest BCUT2D eigenvalue weighted by atomic mass is 16.2. The molecule has 2 fully saturated rings. The summed E-state index contributed by atoms with van der Waals surface area (Å²) in [6, 6.07) is 18.4. The van der Waals surface area contributed by atoms with Crippen LogP contribution in [0.25, 0.3) is 0 Å². The minimum absolute atomic E-state index is 0.0263. The molecule has 5 heteroatoms. The highest BCUT2D eigenvalue weighted by molar-refractivity contribution is 5.83. The molecule has 2 saturated heterocycles. The van der Waals surface area contributed by atoms with Gasteiger partial charge in [0.1, 0.15) is 0 Å². The van der Waals surface area contributed by atoms with Crippen LogP contribution in [-0.2, 0) is 11.2 Å². The van der Waals surface area contributed by atoms with Crippen molar-refractivity contribution >= 4 is 11.9 Å². The normalized spacial score (nSPS) is 26.3. The number of piperidine rings is 2. The Labute approximate surface area is 178 Å². The summed E-state index contributed by atoms with van der Waals surface area (Å²) >= 11 is 0. The van der Waals surface area contributed by atoms with Gasteiger partial charge in [-0.2, -0.15) is 0 Å². The molecule has 3 amide bonds. The van der Waals surface area contributed by atoms with Crippen molar-refractivity contribution in [2.24, 2.45) is 5.92 Å². The van der Waals surface area contributed by atoms with Gasteiger partial charge in [0.2, 0.25) is 5.91 Å². The van der Waals surface area contributed by atoms with Crippen molar-refractivity contribution in [1.29, 1.82) is 0 Å². The molecule has 3 heterocycles. The van der Waals surface area contributed by atoms with E-state index in [0.717, 1.165) is 44.3 Å². The molecule has 3 aliphatic rings. The summed E-state index contributed by atoms with van der Waals surface area (Å²) < 4.78 is 0. The van der Waals surface area contributed by atoms with E-state index in [0.29, 0.717) is 0 Å². The number of hydrogen-bond acceptors (Lipinski definition) is 2. The molecule has 5 nitrogen and oxygen atoms in total. The number of carbonyl (C=O) groups is 2. The van der Waals surface area contributed by atoms with Crippen LogP contribution in [0.1, 0.15) is 55.0 Å². The van der Waals surface area contributed by atoms with Crippen molar-refractivity contribution in [2.75, 3.05) is 13.1 Å². The molecular weight excluding hydrogens is 374 g/mol. The number of benzene rings is 2. The van der Waals surface area contributed by atoms with Crippen LogP contribution < -0.4 is 5.32 Å². The zero-order valence-electron chi connectivity index (χ0n) is 17.5. The molecule has 156 valence electrons. The number of likely N-dealkylation sites (tertiary alicyclic amines) is 1. The van der Waals surface area contributed by atoms with Gasteiger partial charge in [0, 0.05) is 19.1 Å². The van der Waals surface area contributed by atoms with Crippen LogP contribution in [-0.4, -0.2) is 40.9 Å². The molecule has 1 N–H and O–H groups in total. The van der Waals surface area contributed by atoms with Crippen LogP contribution in [0.3, 0.4) is 0 Å². The van der Waals surface area contributed by atoms with E-state index in [-0.39, 0.29) is 36.0 Å². The first-order valence-electron chi connectivity index (χ1n) is 11.1. The quantitative estimate of drug-likeness (QED) is 0.822. The van der Waals surface area contributed by atoms with Gasteiger partial charge < -0.3 is 15.1 Å². The summed E-state index contributed by atoms with van der Waals surface area (Å²) in [4.78, 5) is 30.6. The minimum atomic E-state index is -0.0713. The lowest BCUT2D eigenvalue weighted by Crippen LogP contribution is -2.61. The van der Waals surface area contributed by atoms with Crippen LogP contribution in [0.2, 0.25) is 0 Å². The standard InChI is InChI=1S/C25H29N3O2/c1-17(18-8-3-2-4-9-18)26-25(30)28-14-7-12-21-23(28)16-22-20-11-6-5-10-19(20)13-15-27(22)24(21)29/h2-6,8-11,17,21-23H,7,12-16H2,1H3,(H,26,30)/t17-,21+,22-,23+/m1/s1. The fourth-order valence-electron chi connectivity index (χ4n) is 5.59. The summed E-state index contributed by atoms with van der Waals surface area (Å²) in [6.45, 7) is 3.52. The average molecular weight is 404 g/mol. The van der Waals surface area contributed by atoms with Crippen molar-refractivity contribution in [3.63, 3.8) is 0 Å². The molecule has 30 heavy (non-hydrogen) atoms. The Kier molecular flexibility index (Phi) is 4.97. The van der Waals surface area contributed by atoms with Crippen molar-refractivity contribution in [2.45, 2.75) is 50.7 Å². The molecule has 0 aliphatic carbocycles. The summed E-state index contributed by atoms with van der Waals surface area (Å²) in [5, 5.41) is 3.17. The number of carbonyl (C=O) groups excluding carboxylic acids is 2. The number of nitrogens with zero attached hydrogens (tertiary/aromatic N) is 2. The third-order valence-electron chi connectivity index (χ3n) is 7.16. The topological polar surface area (TPSA) is 52.7 Å². The van der Waals surface area contributed by atoms with Gasteiger partial charge in [-0.1, -0.05) is 54.6 Å².